The highest BCUT2D eigenvalue weighted by Gasteiger charge is 2.09. The quantitative estimate of drug-likeness (QED) is 0.727. The summed E-state index contributed by atoms with van der Waals surface area (Å²) >= 11 is 0. The van der Waals surface area contributed by atoms with Gasteiger partial charge in [0.25, 0.3) is 5.91 Å². The topological polar surface area (TPSA) is 46.4 Å². The molecule has 4 heteroatoms. The van der Waals surface area contributed by atoms with Gasteiger partial charge in [-0.2, -0.15) is 5.10 Å². The fourth-order valence-electron chi connectivity index (χ4n) is 1.40. The average Bonchev–Trinajstić information content (AvgIpc) is 2.59. The molecule has 4 nitrogen and oxygen atoms in total. The fourth-order valence-corrected chi connectivity index (χ4v) is 1.40. The lowest BCUT2D eigenvalue weighted by Gasteiger charge is -1.98. The first-order valence-electron chi connectivity index (χ1n) is 4.38. The minimum atomic E-state index is -0.108. The third-order valence-corrected chi connectivity index (χ3v) is 2.14. The molecule has 2 aromatic heterocycles. The molecule has 0 fully saturated rings. The predicted octanol–water partition coefficient (Wildman–Crippen LogP) is 1.00. The van der Waals surface area contributed by atoms with Gasteiger partial charge in [-0.25, -0.2) is 4.52 Å². The Labute approximate surface area is 81.5 Å². The molecule has 0 aliphatic heterocycles. The number of nitrogens with one attached hydrogen (secondary N) is 1. The zero-order valence-corrected chi connectivity index (χ0v) is 8.11. The van der Waals surface area contributed by atoms with Crippen LogP contribution in [0.15, 0.2) is 24.5 Å². The van der Waals surface area contributed by atoms with Gasteiger partial charge in [0.2, 0.25) is 0 Å². The SMILES string of the molecule is CNC(=O)c1cnn2cc(C)ccc12. The van der Waals surface area contributed by atoms with E-state index in [1.807, 2.05) is 25.3 Å². The van der Waals surface area contributed by atoms with E-state index in [4.69, 9.17) is 0 Å². The Kier molecular flexibility index (Phi) is 1.96. The molecule has 0 aliphatic carbocycles. The molecule has 1 N–H and O–H groups in total. The Morgan fingerprint density at radius 2 is 2.29 bits per heavy atom. The second kappa shape index (κ2) is 3.14. The Morgan fingerprint density at radius 3 is 3.00 bits per heavy atom. The highest BCUT2D eigenvalue weighted by atomic mass is 16.1. The Hall–Kier alpha value is -1.84. The van der Waals surface area contributed by atoms with Crippen LogP contribution in [0.25, 0.3) is 5.52 Å². The number of aromatic nitrogens is 2. The van der Waals surface area contributed by atoms with Crippen LogP contribution in [0.3, 0.4) is 0 Å². The monoisotopic (exact) mass is 189 g/mol. The molecular formula is C10H11N3O. The van der Waals surface area contributed by atoms with Crippen molar-refractivity contribution >= 4 is 11.4 Å². The van der Waals surface area contributed by atoms with Crippen LogP contribution in [0, 0.1) is 6.92 Å². The molecule has 2 rings (SSSR count). The zero-order chi connectivity index (χ0) is 10.1. The standard InChI is InChI=1S/C10H11N3O/c1-7-3-4-9-8(10(14)11-2)5-12-13(9)6-7/h3-6H,1-2H3,(H,11,14). The van der Waals surface area contributed by atoms with E-state index in [0.717, 1.165) is 11.1 Å². The maximum absolute atomic E-state index is 11.4. The van der Waals surface area contributed by atoms with Crippen LogP contribution < -0.4 is 5.32 Å². The van der Waals surface area contributed by atoms with E-state index in [9.17, 15) is 4.79 Å². The number of hydrogen-bond acceptors (Lipinski definition) is 2. The Morgan fingerprint density at radius 1 is 1.50 bits per heavy atom. The average molecular weight is 189 g/mol. The largest absolute Gasteiger partial charge is 0.355 e. The van der Waals surface area contributed by atoms with Crippen molar-refractivity contribution in [2.75, 3.05) is 7.05 Å². The van der Waals surface area contributed by atoms with Crippen molar-refractivity contribution in [3.63, 3.8) is 0 Å². The number of fused-ring (bicyclic) bond motifs is 1. The first-order valence-corrected chi connectivity index (χ1v) is 4.38. The second-order valence-corrected chi connectivity index (χ2v) is 3.17. The summed E-state index contributed by atoms with van der Waals surface area (Å²) in [6, 6.07) is 3.86. The zero-order valence-electron chi connectivity index (χ0n) is 8.11. The molecule has 0 radical (unpaired) electrons. The molecule has 0 bridgehead atoms. The number of carbonyl (C=O) groups is 1. The van der Waals surface area contributed by atoms with Gasteiger partial charge in [-0.1, -0.05) is 6.07 Å². The lowest BCUT2D eigenvalue weighted by Crippen LogP contribution is -2.17. The molecule has 0 saturated carbocycles. The number of hydrogen-bond donors (Lipinski definition) is 1. The third-order valence-electron chi connectivity index (χ3n) is 2.14. The minimum absolute atomic E-state index is 0.108. The van der Waals surface area contributed by atoms with Crippen molar-refractivity contribution in [2.24, 2.45) is 0 Å². The van der Waals surface area contributed by atoms with E-state index in [-0.39, 0.29) is 5.91 Å². The van der Waals surface area contributed by atoms with Crippen molar-refractivity contribution < 1.29 is 4.79 Å². The van der Waals surface area contributed by atoms with Crippen molar-refractivity contribution in [3.05, 3.63) is 35.7 Å². The predicted molar refractivity (Wildman–Crippen MR) is 53.3 cm³/mol. The first kappa shape index (κ1) is 8.74. The van der Waals surface area contributed by atoms with Crippen LogP contribution in [0.2, 0.25) is 0 Å². The van der Waals surface area contributed by atoms with Gasteiger partial charge in [-0.05, 0) is 18.6 Å². The number of aryl methyl sites for hydroxylation is 1. The van der Waals surface area contributed by atoms with Crippen molar-refractivity contribution in [3.8, 4) is 0 Å². The first-order chi connectivity index (χ1) is 6.72. The lowest BCUT2D eigenvalue weighted by molar-refractivity contribution is 0.0964. The summed E-state index contributed by atoms with van der Waals surface area (Å²) in [4.78, 5) is 11.4. The Bertz CT molecular complexity index is 487. The molecule has 0 spiro atoms. The number of amides is 1. The maximum atomic E-state index is 11.4. The smallest absolute Gasteiger partial charge is 0.254 e. The van der Waals surface area contributed by atoms with Gasteiger partial charge >= 0.3 is 0 Å². The number of carbonyl (C=O) groups excluding carboxylic acids is 1. The molecule has 0 aliphatic rings. The van der Waals surface area contributed by atoms with E-state index < -0.39 is 0 Å². The normalized spacial score (nSPS) is 10.4. The summed E-state index contributed by atoms with van der Waals surface area (Å²) in [6.45, 7) is 1.99. The third kappa shape index (κ3) is 1.25. The van der Waals surface area contributed by atoms with Gasteiger partial charge in [-0.3, -0.25) is 4.79 Å². The molecule has 0 aromatic carbocycles. The molecule has 72 valence electrons. The van der Waals surface area contributed by atoms with Gasteiger partial charge < -0.3 is 5.32 Å². The molecule has 0 saturated heterocycles. The summed E-state index contributed by atoms with van der Waals surface area (Å²) < 4.78 is 1.71. The van der Waals surface area contributed by atoms with E-state index >= 15 is 0 Å². The molecular weight excluding hydrogens is 178 g/mol. The summed E-state index contributed by atoms with van der Waals surface area (Å²) in [6.07, 6.45) is 3.47. The highest BCUT2D eigenvalue weighted by molar-refractivity contribution is 6.00. The van der Waals surface area contributed by atoms with Gasteiger partial charge in [0.1, 0.15) is 0 Å². The Balaban J connectivity index is 2.64. The van der Waals surface area contributed by atoms with E-state index in [0.29, 0.717) is 5.56 Å². The van der Waals surface area contributed by atoms with Crippen molar-refractivity contribution in [1.82, 2.24) is 14.9 Å². The summed E-state index contributed by atoms with van der Waals surface area (Å²) in [5.41, 5.74) is 2.55. The maximum Gasteiger partial charge on any atom is 0.254 e. The van der Waals surface area contributed by atoms with Crippen LogP contribution in [-0.2, 0) is 0 Å². The highest BCUT2D eigenvalue weighted by Crippen LogP contribution is 2.11. The van der Waals surface area contributed by atoms with E-state index in [2.05, 4.69) is 10.4 Å². The second-order valence-electron chi connectivity index (χ2n) is 3.17. The van der Waals surface area contributed by atoms with Crippen molar-refractivity contribution in [2.45, 2.75) is 6.92 Å². The number of rotatable bonds is 1. The van der Waals surface area contributed by atoms with Crippen LogP contribution in [0.1, 0.15) is 15.9 Å². The number of pyridine rings is 1. The van der Waals surface area contributed by atoms with Gasteiger partial charge in [0.15, 0.2) is 0 Å². The molecule has 14 heavy (non-hydrogen) atoms. The van der Waals surface area contributed by atoms with E-state index in [1.54, 1.807) is 17.8 Å². The van der Waals surface area contributed by atoms with Crippen molar-refractivity contribution in [1.29, 1.82) is 0 Å². The molecule has 1 amide bonds. The van der Waals surface area contributed by atoms with Crippen LogP contribution >= 0.6 is 0 Å². The molecule has 2 heterocycles. The van der Waals surface area contributed by atoms with Crippen LogP contribution in [0.5, 0.6) is 0 Å². The summed E-state index contributed by atoms with van der Waals surface area (Å²) in [5.74, 6) is -0.108. The summed E-state index contributed by atoms with van der Waals surface area (Å²) in [7, 11) is 1.61. The molecule has 0 unspecified atom stereocenters. The van der Waals surface area contributed by atoms with Crippen LogP contribution in [-0.4, -0.2) is 22.6 Å². The van der Waals surface area contributed by atoms with E-state index in [1.165, 1.54) is 0 Å². The molecule has 2 aromatic rings. The lowest BCUT2D eigenvalue weighted by atomic mass is 10.2. The van der Waals surface area contributed by atoms with Gasteiger partial charge in [0.05, 0.1) is 17.3 Å². The fraction of sp³-hybridized carbons (Fsp3) is 0.200. The van der Waals surface area contributed by atoms with Crippen LogP contribution in [0.4, 0.5) is 0 Å². The van der Waals surface area contributed by atoms with Gasteiger partial charge in [-0.15, -0.1) is 0 Å². The molecule has 0 atom stereocenters. The minimum Gasteiger partial charge on any atom is -0.355 e. The van der Waals surface area contributed by atoms with Gasteiger partial charge in [0, 0.05) is 13.2 Å². The number of nitrogens with zero attached hydrogens (tertiary/aromatic N) is 2. The summed E-state index contributed by atoms with van der Waals surface area (Å²) in [5, 5.41) is 6.69.